The third-order valence-corrected chi connectivity index (χ3v) is 14.1. The lowest BCUT2D eigenvalue weighted by Crippen LogP contribution is -2.22. The van der Waals surface area contributed by atoms with Crippen LogP contribution in [0.3, 0.4) is 0 Å². The van der Waals surface area contributed by atoms with Crippen molar-refractivity contribution in [1.29, 1.82) is 0 Å². The van der Waals surface area contributed by atoms with E-state index in [-0.39, 0.29) is 0 Å². The van der Waals surface area contributed by atoms with E-state index in [9.17, 15) is 0 Å². The summed E-state index contributed by atoms with van der Waals surface area (Å²) >= 11 is 0. The summed E-state index contributed by atoms with van der Waals surface area (Å²) in [5, 5.41) is 0. The fourth-order valence-electron chi connectivity index (χ4n) is 12.9. The van der Waals surface area contributed by atoms with Crippen LogP contribution < -0.4 is 0 Å². The normalized spacial score (nSPS) is 67.8. The standard InChI is InChI=1S/C12H18.C10H16.C9H14/c1-7-6-11-8(2)12(7)10-5-3-4-9(10)11;1-3-10-5-7-4-8(10)9(10)6(7)2;1-4-6-3-7-8(4)9(7)5(6)2/h3,5,7-12H,4,6H2,1-2H3;6-9H,3-5H2,1-2H3;4-9H,3H2,1-2H3. The molecule has 0 saturated heterocycles. The zero-order valence-corrected chi connectivity index (χ0v) is 21.1. The highest BCUT2D eigenvalue weighted by molar-refractivity contribution is 5.24. The van der Waals surface area contributed by atoms with Gasteiger partial charge in [0.2, 0.25) is 0 Å². The van der Waals surface area contributed by atoms with Crippen molar-refractivity contribution in [2.24, 2.45) is 100 Å². The molecule has 11 aliphatic rings. The fraction of sp³-hybridized carbons (Fsp3) is 0.935. The summed E-state index contributed by atoms with van der Waals surface area (Å²) in [7, 11) is 0. The molecule has 10 fully saturated rings. The molecule has 0 aromatic carbocycles. The third-order valence-electron chi connectivity index (χ3n) is 14.1. The molecule has 10 bridgehead atoms. The van der Waals surface area contributed by atoms with Crippen LogP contribution in [-0.4, -0.2) is 0 Å². The first-order valence-electron chi connectivity index (χ1n) is 14.6. The van der Waals surface area contributed by atoms with Gasteiger partial charge in [0.05, 0.1) is 0 Å². The summed E-state index contributed by atoms with van der Waals surface area (Å²) in [5.74, 6) is 17.8. The third kappa shape index (κ3) is 2.40. The number of fused-ring (bicyclic) bond motifs is 5. The van der Waals surface area contributed by atoms with E-state index >= 15 is 0 Å². The summed E-state index contributed by atoms with van der Waals surface area (Å²) in [6, 6.07) is 0. The highest BCUT2D eigenvalue weighted by atomic mass is 14.8. The molecule has 0 heteroatoms. The molecule has 15 unspecified atom stereocenters. The fourth-order valence-corrected chi connectivity index (χ4v) is 12.9. The van der Waals surface area contributed by atoms with Gasteiger partial charge in [-0.05, 0) is 139 Å². The summed E-state index contributed by atoms with van der Waals surface area (Å²) in [5.41, 5.74) is 0.907. The molecule has 0 aliphatic heterocycles. The van der Waals surface area contributed by atoms with Crippen molar-refractivity contribution < 1.29 is 0 Å². The van der Waals surface area contributed by atoms with Crippen molar-refractivity contribution in [3.63, 3.8) is 0 Å². The minimum atomic E-state index is 0.907. The highest BCUT2D eigenvalue weighted by Gasteiger charge is 2.76. The Morgan fingerprint density at radius 1 is 0.742 bits per heavy atom. The van der Waals surface area contributed by atoms with E-state index in [2.05, 4.69) is 53.7 Å². The Morgan fingerprint density at radius 2 is 1.45 bits per heavy atom. The average molecular weight is 421 g/mol. The number of rotatable bonds is 1. The molecule has 0 N–H and O–H groups in total. The van der Waals surface area contributed by atoms with Crippen LogP contribution in [0.2, 0.25) is 0 Å². The monoisotopic (exact) mass is 420 g/mol. The SMILES string of the molecule is CC1C2CC3C1C3C2C.CC1CC2C(C)C1C1C=CCC12.CCC12CC3CC1C2C3C. The Kier molecular flexibility index (Phi) is 4.19. The molecule has 0 aromatic heterocycles. The number of hydrogen-bond acceptors (Lipinski definition) is 0. The van der Waals surface area contributed by atoms with Gasteiger partial charge in [0, 0.05) is 0 Å². The second-order valence-corrected chi connectivity index (χ2v) is 14.4. The van der Waals surface area contributed by atoms with E-state index in [1.54, 1.807) is 19.3 Å². The second-order valence-electron chi connectivity index (χ2n) is 14.4. The van der Waals surface area contributed by atoms with Crippen LogP contribution in [0.1, 0.15) is 80.1 Å². The van der Waals surface area contributed by atoms with Crippen molar-refractivity contribution in [1.82, 2.24) is 0 Å². The lowest BCUT2D eigenvalue weighted by Gasteiger charge is -2.28. The molecular formula is C31H48. The highest BCUT2D eigenvalue weighted by Crippen LogP contribution is 2.82. The van der Waals surface area contributed by atoms with E-state index in [1.807, 2.05) is 0 Å². The summed E-state index contributed by atoms with van der Waals surface area (Å²) in [6.45, 7) is 14.8. The molecule has 10 saturated carbocycles. The van der Waals surface area contributed by atoms with Gasteiger partial charge in [0.15, 0.2) is 0 Å². The maximum Gasteiger partial charge on any atom is -0.0166 e. The van der Waals surface area contributed by atoms with Gasteiger partial charge in [-0.3, -0.25) is 0 Å². The topological polar surface area (TPSA) is 0 Å². The molecule has 0 nitrogen and oxygen atoms in total. The van der Waals surface area contributed by atoms with Crippen molar-refractivity contribution in [3.8, 4) is 0 Å². The smallest absolute Gasteiger partial charge is 0.0166 e. The lowest BCUT2D eigenvalue weighted by molar-refractivity contribution is 0.224. The van der Waals surface area contributed by atoms with Crippen molar-refractivity contribution in [2.75, 3.05) is 0 Å². The molecule has 11 rings (SSSR count). The Labute approximate surface area is 192 Å². The molecular weight excluding hydrogens is 372 g/mol. The summed E-state index contributed by atoms with van der Waals surface area (Å²) < 4.78 is 0. The van der Waals surface area contributed by atoms with Crippen LogP contribution in [0.25, 0.3) is 0 Å². The van der Waals surface area contributed by atoms with Gasteiger partial charge in [-0.2, -0.15) is 0 Å². The van der Waals surface area contributed by atoms with Crippen LogP contribution in [0.4, 0.5) is 0 Å². The van der Waals surface area contributed by atoms with E-state index in [0.29, 0.717) is 0 Å². The number of allylic oxidation sites excluding steroid dienone is 2. The van der Waals surface area contributed by atoms with E-state index in [0.717, 1.165) is 70.5 Å². The summed E-state index contributed by atoms with van der Waals surface area (Å²) in [6.07, 6.45) is 14.1. The molecule has 0 amide bonds. The van der Waals surface area contributed by atoms with Crippen molar-refractivity contribution in [2.45, 2.75) is 80.1 Å². The van der Waals surface area contributed by atoms with Gasteiger partial charge in [0.25, 0.3) is 0 Å². The predicted octanol–water partition coefficient (Wildman–Crippen LogP) is 7.94. The van der Waals surface area contributed by atoms with Gasteiger partial charge < -0.3 is 0 Å². The molecule has 0 radical (unpaired) electrons. The Balaban J connectivity index is 0.0000000836. The van der Waals surface area contributed by atoms with Crippen LogP contribution in [-0.2, 0) is 0 Å². The van der Waals surface area contributed by atoms with Crippen molar-refractivity contribution in [3.05, 3.63) is 12.2 Å². The van der Waals surface area contributed by atoms with Crippen LogP contribution in [0.5, 0.6) is 0 Å². The first-order chi connectivity index (χ1) is 14.9. The first kappa shape index (κ1) is 20.1. The van der Waals surface area contributed by atoms with E-state index in [4.69, 9.17) is 0 Å². The van der Waals surface area contributed by atoms with Gasteiger partial charge in [-0.15, -0.1) is 0 Å². The minimum absolute atomic E-state index is 0.907. The Hall–Kier alpha value is -0.260. The van der Waals surface area contributed by atoms with Crippen molar-refractivity contribution >= 4 is 0 Å². The first-order valence-corrected chi connectivity index (χ1v) is 14.6. The Morgan fingerprint density at radius 3 is 1.87 bits per heavy atom. The molecule has 15 atom stereocenters. The molecule has 11 aliphatic carbocycles. The molecule has 172 valence electrons. The van der Waals surface area contributed by atoms with Crippen LogP contribution in [0.15, 0.2) is 12.2 Å². The van der Waals surface area contributed by atoms with Gasteiger partial charge in [-0.25, -0.2) is 0 Å². The van der Waals surface area contributed by atoms with Gasteiger partial charge in [0.1, 0.15) is 0 Å². The molecule has 0 spiro atoms. The van der Waals surface area contributed by atoms with Gasteiger partial charge in [-0.1, -0.05) is 53.7 Å². The maximum atomic E-state index is 2.52. The molecule has 0 aromatic rings. The predicted molar refractivity (Wildman–Crippen MR) is 129 cm³/mol. The molecule has 0 heterocycles. The van der Waals surface area contributed by atoms with Gasteiger partial charge >= 0.3 is 0 Å². The molecule has 31 heavy (non-hydrogen) atoms. The zero-order valence-electron chi connectivity index (χ0n) is 21.1. The van der Waals surface area contributed by atoms with E-state index < -0.39 is 0 Å². The Bertz CT molecular complexity index is 759. The maximum absolute atomic E-state index is 2.52. The summed E-state index contributed by atoms with van der Waals surface area (Å²) in [4.78, 5) is 0. The van der Waals surface area contributed by atoms with Crippen LogP contribution in [0, 0.1) is 100 Å². The second kappa shape index (κ2) is 6.44. The zero-order chi connectivity index (χ0) is 21.4. The van der Waals surface area contributed by atoms with E-state index in [1.165, 1.54) is 48.9 Å². The number of hydrogen-bond donors (Lipinski definition) is 0. The lowest BCUT2D eigenvalue weighted by atomic mass is 9.76. The largest absolute Gasteiger partial charge is 0.0879 e. The van der Waals surface area contributed by atoms with Crippen LogP contribution >= 0.6 is 0 Å². The minimum Gasteiger partial charge on any atom is -0.0879 e. The quantitative estimate of drug-likeness (QED) is 0.378. The average Bonchev–Trinajstić information content (AvgIpc) is 3.30.